The van der Waals surface area contributed by atoms with Crippen LogP contribution < -0.4 is 0 Å². The maximum atomic E-state index is 10.4. The Morgan fingerprint density at radius 2 is 2.20 bits per heavy atom. The van der Waals surface area contributed by atoms with Crippen molar-refractivity contribution in [3.8, 4) is 0 Å². The van der Waals surface area contributed by atoms with Gasteiger partial charge in [0.15, 0.2) is 0 Å². The molecule has 0 saturated heterocycles. The van der Waals surface area contributed by atoms with Crippen molar-refractivity contribution in [3.63, 3.8) is 0 Å². The van der Waals surface area contributed by atoms with Crippen LogP contribution in [0, 0.1) is 0 Å². The summed E-state index contributed by atoms with van der Waals surface area (Å²) in [4.78, 5) is 11.7. The maximum Gasteiger partial charge on any atom is 0.317 e. The van der Waals surface area contributed by atoms with E-state index >= 15 is 0 Å². The SMILES string of the molecule is CC(C)OCN(C)C(=O)Cl. The highest BCUT2D eigenvalue weighted by molar-refractivity contribution is 6.62. The van der Waals surface area contributed by atoms with E-state index in [2.05, 4.69) is 0 Å². The van der Waals surface area contributed by atoms with E-state index in [1.54, 1.807) is 7.05 Å². The average molecular weight is 166 g/mol. The van der Waals surface area contributed by atoms with Gasteiger partial charge in [-0.25, -0.2) is 0 Å². The number of hydrogen-bond acceptors (Lipinski definition) is 2. The number of hydrogen-bond donors (Lipinski definition) is 0. The van der Waals surface area contributed by atoms with Gasteiger partial charge in [-0.05, 0) is 25.4 Å². The second-order valence-electron chi connectivity index (χ2n) is 2.30. The number of amides is 1. The molecule has 0 bridgehead atoms. The highest BCUT2D eigenvalue weighted by atomic mass is 35.5. The molecule has 0 rings (SSSR count). The molecule has 0 spiro atoms. The molecular weight excluding hydrogens is 154 g/mol. The summed E-state index contributed by atoms with van der Waals surface area (Å²) in [5.41, 5.74) is 0. The number of carbonyl (C=O) groups is 1. The van der Waals surface area contributed by atoms with E-state index < -0.39 is 5.37 Å². The largest absolute Gasteiger partial charge is 0.358 e. The Morgan fingerprint density at radius 3 is 2.50 bits per heavy atom. The molecule has 3 nitrogen and oxygen atoms in total. The molecule has 0 aliphatic heterocycles. The van der Waals surface area contributed by atoms with Crippen LogP contribution >= 0.6 is 11.6 Å². The standard InChI is InChI=1S/C6H12ClNO2/c1-5(2)10-4-8(3)6(7)9/h5H,4H2,1-3H3. The molecule has 0 heterocycles. The molecule has 0 unspecified atom stereocenters. The van der Waals surface area contributed by atoms with Crippen molar-refractivity contribution in [2.24, 2.45) is 0 Å². The van der Waals surface area contributed by atoms with Gasteiger partial charge in [0.1, 0.15) is 6.73 Å². The first-order chi connectivity index (χ1) is 4.54. The lowest BCUT2D eigenvalue weighted by Crippen LogP contribution is -2.25. The number of rotatable bonds is 3. The zero-order valence-electron chi connectivity index (χ0n) is 6.43. The molecule has 0 N–H and O–H groups in total. The fraction of sp³-hybridized carbons (Fsp3) is 0.833. The van der Waals surface area contributed by atoms with Gasteiger partial charge < -0.3 is 9.64 Å². The van der Waals surface area contributed by atoms with Gasteiger partial charge in [0.2, 0.25) is 0 Å². The minimum absolute atomic E-state index is 0.124. The second-order valence-corrected chi connectivity index (χ2v) is 2.62. The lowest BCUT2D eigenvalue weighted by Gasteiger charge is -2.15. The molecule has 0 fully saturated rings. The lowest BCUT2D eigenvalue weighted by atomic mass is 10.5. The van der Waals surface area contributed by atoms with Crippen LogP contribution in [0.3, 0.4) is 0 Å². The van der Waals surface area contributed by atoms with Gasteiger partial charge in [-0.15, -0.1) is 0 Å². The fourth-order valence-corrected chi connectivity index (χ4v) is 0.360. The van der Waals surface area contributed by atoms with Gasteiger partial charge in [-0.1, -0.05) is 0 Å². The van der Waals surface area contributed by atoms with Crippen LogP contribution in [0.15, 0.2) is 0 Å². The Labute approximate surface area is 65.9 Å². The zero-order chi connectivity index (χ0) is 8.15. The molecule has 0 aliphatic carbocycles. The molecule has 4 heteroatoms. The van der Waals surface area contributed by atoms with Crippen molar-refractivity contribution in [3.05, 3.63) is 0 Å². The maximum absolute atomic E-state index is 10.4. The highest BCUT2D eigenvalue weighted by Crippen LogP contribution is 1.94. The molecule has 60 valence electrons. The molecule has 0 aromatic rings. The van der Waals surface area contributed by atoms with Gasteiger partial charge in [0, 0.05) is 7.05 Å². The molecule has 10 heavy (non-hydrogen) atoms. The van der Waals surface area contributed by atoms with E-state index in [0.29, 0.717) is 0 Å². The van der Waals surface area contributed by atoms with Gasteiger partial charge >= 0.3 is 5.37 Å². The van der Waals surface area contributed by atoms with Crippen LogP contribution in [0.5, 0.6) is 0 Å². The topological polar surface area (TPSA) is 29.5 Å². The minimum atomic E-state index is -0.499. The fourth-order valence-electron chi connectivity index (χ4n) is 0.312. The second kappa shape index (κ2) is 4.52. The molecular formula is C6H12ClNO2. The minimum Gasteiger partial charge on any atom is -0.358 e. The van der Waals surface area contributed by atoms with Crippen LogP contribution in [-0.2, 0) is 4.74 Å². The summed E-state index contributed by atoms with van der Waals surface area (Å²) in [6.45, 7) is 4.04. The first-order valence-corrected chi connectivity index (χ1v) is 3.44. The third kappa shape index (κ3) is 4.58. The van der Waals surface area contributed by atoms with Crippen LogP contribution in [0.2, 0.25) is 0 Å². The Balaban J connectivity index is 3.40. The van der Waals surface area contributed by atoms with Crippen molar-refractivity contribution in [1.82, 2.24) is 4.90 Å². The molecule has 1 amide bonds. The summed E-state index contributed by atoms with van der Waals surface area (Å²) in [6.07, 6.45) is 0.124. The summed E-state index contributed by atoms with van der Waals surface area (Å²) < 4.78 is 5.09. The van der Waals surface area contributed by atoms with E-state index in [9.17, 15) is 4.79 Å². The first-order valence-electron chi connectivity index (χ1n) is 3.06. The normalized spacial score (nSPS) is 10.1. The van der Waals surface area contributed by atoms with Gasteiger partial charge in [-0.2, -0.15) is 0 Å². The van der Waals surface area contributed by atoms with Gasteiger partial charge in [0.25, 0.3) is 0 Å². The third-order valence-corrected chi connectivity index (χ3v) is 1.19. The van der Waals surface area contributed by atoms with E-state index in [1.165, 1.54) is 4.90 Å². The Hall–Kier alpha value is -0.280. The van der Waals surface area contributed by atoms with Crippen molar-refractivity contribution in [2.45, 2.75) is 20.0 Å². The summed E-state index contributed by atoms with van der Waals surface area (Å²) >= 11 is 5.12. The van der Waals surface area contributed by atoms with Crippen molar-refractivity contribution >= 4 is 17.0 Å². The van der Waals surface area contributed by atoms with E-state index in [0.717, 1.165) is 0 Å². The number of ether oxygens (including phenoxy) is 1. The Morgan fingerprint density at radius 1 is 1.70 bits per heavy atom. The van der Waals surface area contributed by atoms with E-state index in [1.807, 2.05) is 13.8 Å². The smallest absolute Gasteiger partial charge is 0.317 e. The highest BCUT2D eigenvalue weighted by Gasteiger charge is 2.03. The van der Waals surface area contributed by atoms with E-state index in [4.69, 9.17) is 16.3 Å². The molecule has 0 saturated carbocycles. The van der Waals surface area contributed by atoms with E-state index in [-0.39, 0.29) is 12.8 Å². The quantitative estimate of drug-likeness (QED) is 0.362. The number of halogens is 1. The number of carbonyl (C=O) groups excluding carboxylic acids is 1. The van der Waals surface area contributed by atoms with Gasteiger partial charge in [-0.3, -0.25) is 4.79 Å². The van der Waals surface area contributed by atoms with Crippen molar-refractivity contribution in [2.75, 3.05) is 13.8 Å². The van der Waals surface area contributed by atoms with Crippen LogP contribution in [0.25, 0.3) is 0 Å². The molecule has 0 aromatic heterocycles. The molecule has 0 aliphatic rings. The predicted molar refractivity (Wildman–Crippen MR) is 40.1 cm³/mol. The monoisotopic (exact) mass is 165 g/mol. The summed E-state index contributed by atoms with van der Waals surface area (Å²) in [5, 5.41) is -0.499. The predicted octanol–water partition coefficient (Wildman–Crippen LogP) is 1.66. The van der Waals surface area contributed by atoms with Crippen LogP contribution in [0.1, 0.15) is 13.8 Å². The molecule has 0 atom stereocenters. The summed E-state index contributed by atoms with van der Waals surface area (Å²) in [5.74, 6) is 0. The van der Waals surface area contributed by atoms with Gasteiger partial charge in [0.05, 0.1) is 6.10 Å². The zero-order valence-corrected chi connectivity index (χ0v) is 7.18. The van der Waals surface area contributed by atoms with Crippen molar-refractivity contribution in [1.29, 1.82) is 0 Å². The lowest BCUT2D eigenvalue weighted by molar-refractivity contribution is 0.0244. The van der Waals surface area contributed by atoms with Crippen molar-refractivity contribution < 1.29 is 9.53 Å². The van der Waals surface area contributed by atoms with Crippen LogP contribution in [-0.4, -0.2) is 30.1 Å². The Bertz CT molecular complexity index is 116. The average Bonchev–Trinajstić information content (AvgIpc) is 1.82. The summed E-state index contributed by atoms with van der Waals surface area (Å²) in [7, 11) is 1.58. The third-order valence-electron chi connectivity index (χ3n) is 0.902. The molecule has 0 aromatic carbocycles. The Kier molecular flexibility index (Phi) is 4.40. The first kappa shape index (κ1) is 9.72. The van der Waals surface area contributed by atoms with Crippen LogP contribution in [0.4, 0.5) is 4.79 Å². The number of nitrogens with zero attached hydrogens (tertiary/aromatic N) is 1. The summed E-state index contributed by atoms with van der Waals surface area (Å²) in [6, 6.07) is 0. The molecule has 0 radical (unpaired) electrons.